The van der Waals surface area contributed by atoms with Crippen molar-refractivity contribution in [2.75, 3.05) is 0 Å². The summed E-state index contributed by atoms with van der Waals surface area (Å²) in [6.07, 6.45) is 0. The Kier molecular flexibility index (Phi) is 9.23. The van der Waals surface area contributed by atoms with Gasteiger partial charge in [-0.05, 0) is 12.1 Å². The van der Waals surface area contributed by atoms with Gasteiger partial charge in [0, 0.05) is 0 Å². The van der Waals surface area contributed by atoms with Gasteiger partial charge in [0.25, 0.3) is 0 Å². The first kappa shape index (κ1) is 12.3. The summed E-state index contributed by atoms with van der Waals surface area (Å²) >= 11 is 0. The fraction of sp³-hybridized carbons (Fsp3) is 0. The first-order chi connectivity index (χ1) is 3.39. The van der Waals surface area contributed by atoms with Crippen molar-refractivity contribution in [3.8, 4) is 5.75 Å². The molecule has 0 aliphatic heterocycles. The van der Waals surface area contributed by atoms with Gasteiger partial charge in [-0.1, -0.05) is 18.2 Å². The van der Waals surface area contributed by atoms with Crippen LogP contribution in [-0.2, 0) is 0 Å². The molecule has 0 fully saturated rings. The molecule has 0 amide bonds. The van der Waals surface area contributed by atoms with E-state index in [0.29, 0.717) is 5.75 Å². The Morgan fingerprint density at radius 1 is 1.11 bits per heavy atom. The number of hydrogen-bond acceptors (Lipinski definition) is 1. The second-order valence-electron chi connectivity index (χ2n) is 1.34. The molecule has 0 saturated heterocycles. The Morgan fingerprint density at radius 3 is 1.78 bits per heavy atom. The zero-order chi connectivity index (χ0) is 5.11. The van der Waals surface area contributed by atoms with Gasteiger partial charge in [-0.15, -0.1) is 0 Å². The van der Waals surface area contributed by atoms with Crippen LogP contribution in [0.4, 0.5) is 0 Å². The fourth-order valence-electron chi connectivity index (χ4n) is 0.428. The van der Waals surface area contributed by atoms with Crippen LogP contribution in [0.15, 0.2) is 30.3 Å². The largest absolute Gasteiger partial charge is 2.00 e. The van der Waals surface area contributed by atoms with Crippen LogP contribution in [0.2, 0.25) is 0 Å². The van der Waals surface area contributed by atoms with Crippen molar-refractivity contribution in [3.63, 3.8) is 0 Å². The first-order valence-corrected chi connectivity index (χ1v) is 2.13. The summed E-state index contributed by atoms with van der Waals surface area (Å²) in [7, 11) is 0. The van der Waals surface area contributed by atoms with Gasteiger partial charge in [0.05, 0.1) is 0 Å². The molecule has 0 saturated carbocycles. The molecular weight excluding hydrogens is 160 g/mol. The summed E-state index contributed by atoms with van der Waals surface area (Å²) in [5, 5.41) is 8.63. The SMILES string of the molecule is Oc1ccccc1.S.[Ca+2].[H-].[H-]. The average molecular weight is 170 g/mol. The minimum Gasteiger partial charge on any atom is -1.00 e. The van der Waals surface area contributed by atoms with Crippen molar-refractivity contribution in [3.05, 3.63) is 30.3 Å². The number of para-hydroxylation sites is 1. The first-order valence-electron chi connectivity index (χ1n) is 2.13. The smallest absolute Gasteiger partial charge is 1.00 e. The van der Waals surface area contributed by atoms with E-state index < -0.39 is 0 Å². The number of hydrogen-bond donors (Lipinski definition) is 1. The number of rotatable bonds is 0. The van der Waals surface area contributed by atoms with Crippen LogP contribution in [-0.4, -0.2) is 42.8 Å². The fourth-order valence-corrected chi connectivity index (χ4v) is 0.428. The number of aromatic hydroxyl groups is 1. The summed E-state index contributed by atoms with van der Waals surface area (Å²) in [4.78, 5) is 0. The van der Waals surface area contributed by atoms with Crippen molar-refractivity contribution >= 4 is 51.2 Å². The van der Waals surface area contributed by atoms with Crippen LogP contribution < -0.4 is 0 Å². The molecule has 3 heteroatoms. The van der Waals surface area contributed by atoms with Crippen molar-refractivity contribution in [2.45, 2.75) is 0 Å². The molecule has 1 rings (SSSR count). The summed E-state index contributed by atoms with van der Waals surface area (Å²) in [6.45, 7) is 0. The van der Waals surface area contributed by atoms with Crippen LogP contribution in [0.25, 0.3) is 0 Å². The second-order valence-corrected chi connectivity index (χ2v) is 1.34. The minimum atomic E-state index is 0. The Labute approximate surface area is 94.5 Å². The zero-order valence-electron chi connectivity index (χ0n) is 7.04. The van der Waals surface area contributed by atoms with Crippen molar-refractivity contribution in [1.82, 2.24) is 0 Å². The van der Waals surface area contributed by atoms with E-state index in [1.165, 1.54) is 0 Å². The molecule has 0 aromatic heterocycles. The molecule has 48 valence electrons. The number of benzene rings is 1. The molecule has 1 aromatic carbocycles. The van der Waals surface area contributed by atoms with Crippen LogP contribution in [0.1, 0.15) is 2.85 Å². The third-order valence-electron chi connectivity index (χ3n) is 0.756. The molecule has 0 aliphatic rings. The molecule has 0 unspecified atom stereocenters. The van der Waals surface area contributed by atoms with E-state index in [1.807, 2.05) is 6.07 Å². The van der Waals surface area contributed by atoms with Gasteiger partial charge in [0.15, 0.2) is 0 Å². The predicted octanol–water partition coefficient (Wildman–Crippen LogP) is 1.35. The second kappa shape index (κ2) is 6.75. The molecule has 0 bridgehead atoms. The van der Waals surface area contributed by atoms with Crippen molar-refractivity contribution in [1.29, 1.82) is 0 Å². The minimum absolute atomic E-state index is 0. The number of phenolic OH excluding ortho intramolecular Hbond substituents is 1. The van der Waals surface area contributed by atoms with E-state index in [4.69, 9.17) is 5.11 Å². The molecule has 0 radical (unpaired) electrons. The van der Waals surface area contributed by atoms with E-state index >= 15 is 0 Å². The normalized spacial score (nSPS) is 6.67. The summed E-state index contributed by atoms with van der Waals surface area (Å²) in [5.41, 5.74) is 0. The molecule has 1 N–H and O–H groups in total. The summed E-state index contributed by atoms with van der Waals surface area (Å²) < 4.78 is 0. The van der Waals surface area contributed by atoms with Gasteiger partial charge in [-0.2, -0.15) is 13.5 Å². The predicted molar refractivity (Wildman–Crippen MR) is 46.5 cm³/mol. The molecule has 0 heterocycles. The topological polar surface area (TPSA) is 20.2 Å². The monoisotopic (exact) mass is 170 g/mol. The van der Waals surface area contributed by atoms with Crippen molar-refractivity contribution in [2.24, 2.45) is 0 Å². The molecular formula is C6H10CaOS. The number of phenols is 1. The Balaban J connectivity index is -0.0000000612. The zero-order valence-corrected chi connectivity index (χ0v) is 8.25. The summed E-state index contributed by atoms with van der Waals surface area (Å²) in [6, 6.07) is 8.71. The van der Waals surface area contributed by atoms with Crippen molar-refractivity contribution < 1.29 is 7.96 Å². The molecule has 9 heavy (non-hydrogen) atoms. The molecule has 0 aliphatic carbocycles. The Hall–Kier alpha value is 0.630. The van der Waals surface area contributed by atoms with Gasteiger partial charge < -0.3 is 7.96 Å². The Bertz CT molecular complexity index is 151. The van der Waals surface area contributed by atoms with Crippen LogP contribution in [0.5, 0.6) is 5.75 Å². The van der Waals surface area contributed by atoms with E-state index in [1.54, 1.807) is 24.3 Å². The molecule has 0 atom stereocenters. The van der Waals surface area contributed by atoms with Gasteiger partial charge >= 0.3 is 37.7 Å². The third kappa shape index (κ3) is 5.09. The summed E-state index contributed by atoms with van der Waals surface area (Å²) in [5.74, 6) is 0.322. The molecule has 0 spiro atoms. The van der Waals surface area contributed by atoms with Crippen LogP contribution in [0.3, 0.4) is 0 Å². The van der Waals surface area contributed by atoms with E-state index in [2.05, 4.69) is 0 Å². The van der Waals surface area contributed by atoms with Gasteiger partial charge in [-0.25, -0.2) is 0 Å². The standard InChI is InChI=1S/C6H6O.Ca.H2S.2H/c7-6-4-2-1-3-5-6;;;;/h1-5,7H;;1H2;;/q;+2;;2*-1. The quantitative estimate of drug-likeness (QED) is 0.583. The third-order valence-corrected chi connectivity index (χ3v) is 0.756. The maximum Gasteiger partial charge on any atom is 2.00 e. The molecule has 1 nitrogen and oxygen atoms in total. The van der Waals surface area contributed by atoms with Gasteiger partial charge in [0.1, 0.15) is 5.75 Å². The van der Waals surface area contributed by atoms with Gasteiger partial charge in [0.2, 0.25) is 0 Å². The maximum atomic E-state index is 8.63. The van der Waals surface area contributed by atoms with E-state index in [9.17, 15) is 0 Å². The van der Waals surface area contributed by atoms with Crippen LogP contribution >= 0.6 is 13.5 Å². The molecule has 1 aromatic rings. The average Bonchev–Trinajstić information content (AvgIpc) is 1.69. The van der Waals surface area contributed by atoms with E-state index in [0.717, 1.165) is 0 Å². The van der Waals surface area contributed by atoms with Crippen LogP contribution in [0, 0.1) is 0 Å². The van der Waals surface area contributed by atoms with Gasteiger partial charge in [-0.3, -0.25) is 0 Å². The maximum absolute atomic E-state index is 8.63. The Morgan fingerprint density at radius 2 is 1.56 bits per heavy atom. The van der Waals surface area contributed by atoms with E-state index in [-0.39, 0.29) is 54.1 Å².